The van der Waals surface area contributed by atoms with Crippen molar-refractivity contribution in [3.63, 3.8) is 0 Å². The van der Waals surface area contributed by atoms with Gasteiger partial charge in [-0.1, -0.05) is 303 Å². The van der Waals surface area contributed by atoms with E-state index in [-0.39, 0.29) is 6.42 Å². The molecule has 0 aromatic rings. The first kappa shape index (κ1) is 69.1. The number of aliphatic hydroxyl groups is 7. The molecule has 1 amide bonds. The van der Waals surface area contributed by atoms with Gasteiger partial charge in [0.1, 0.15) is 36.6 Å². The van der Waals surface area contributed by atoms with E-state index in [1.54, 1.807) is 0 Å². The van der Waals surface area contributed by atoms with Gasteiger partial charge in [0.15, 0.2) is 6.29 Å². The number of amides is 1. The summed E-state index contributed by atoms with van der Waals surface area (Å²) in [6.45, 7) is 3.51. The number of hydrogen-bond donors (Lipinski definition) is 8. The molecule has 0 spiro atoms. The molecule has 11 nitrogen and oxygen atoms in total. The zero-order valence-corrected chi connectivity index (χ0v) is 47.2. The summed E-state index contributed by atoms with van der Waals surface area (Å²) in [5.41, 5.74) is 0. The number of hydrogen-bond acceptors (Lipinski definition) is 10. The Labute approximate surface area is 443 Å². The summed E-state index contributed by atoms with van der Waals surface area (Å²) in [6, 6.07) is -1.16. The van der Waals surface area contributed by atoms with E-state index < -0.39 is 74.2 Å². The molecule has 8 N–H and O–H groups in total. The van der Waals surface area contributed by atoms with E-state index in [0.717, 1.165) is 38.5 Å². The minimum Gasteiger partial charge on any atom is -0.394 e. The minimum atomic E-state index is -1.66. The van der Waals surface area contributed by atoms with Crippen molar-refractivity contribution in [2.45, 2.75) is 371 Å². The van der Waals surface area contributed by atoms with Crippen molar-refractivity contribution in [2.24, 2.45) is 0 Å². The first-order chi connectivity index (χ1) is 35.2. The van der Waals surface area contributed by atoms with E-state index in [0.29, 0.717) is 19.3 Å². The van der Waals surface area contributed by atoms with Crippen LogP contribution in [0.25, 0.3) is 0 Å². The van der Waals surface area contributed by atoms with Gasteiger partial charge in [0.25, 0.3) is 0 Å². The highest BCUT2D eigenvalue weighted by atomic mass is 16.7. The SMILES string of the molecule is CCCCCCCCCCCCCCCCCCCCCCCCCCCCC(O)C(=O)NC(COC1OC(CO)C(O)C(O)C1O)C(O)C(O)CCCCCCCCCCCCCCCCCCCCC. The maximum absolute atomic E-state index is 13.2. The van der Waals surface area contributed by atoms with Gasteiger partial charge < -0.3 is 50.5 Å². The number of rotatable bonds is 55. The first-order valence-electron chi connectivity index (χ1n) is 31.4. The van der Waals surface area contributed by atoms with Crippen LogP contribution in [-0.4, -0.2) is 110 Å². The van der Waals surface area contributed by atoms with E-state index in [2.05, 4.69) is 19.2 Å². The number of unbranched alkanes of at least 4 members (excludes halogenated alkanes) is 43. The second-order valence-corrected chi connectivity index (χ2v) is 22.5. The summed E-state index contributed by atoms with van der Waals surface area (Å²) in [4.78, 5) is 13.2. The highest BCUT2D eigenvalue weighted by Gasteiger charge is 2.44. The van der Waals surface area contributed by atoms with E-state index in [1.165, 1.54) is 238 Å². The number of carbonyl (C=O) groups excluding carboxylic acids is 1. The highest BCUT2D eigenvalue weighted by Crippen LogP contribution is 2.24. The average molecular weight is 1030 g/mol. The molecule has 11 heteroatoms. The van der Waals surface area contributed by atoms with Gasteiger partial charge in [-0.05, 0) is 12.8 Å². The molecule has 1 heterocycles. The van der Waals surface area contributed by atoms with Gasteiger partial charge in [-0.25, -0.2) is 0 Å². The van der Waals surface area contributed by atoms with Crippen molar-refractivity contribution in [1.82, 2.24) is 5.32 Å². The van der Waals surface area contributed by atoms with E-state index in [4.69, 9.17) is 9.47 Å². The molecule has 430 valence electrons. The van der Waals surface area contributed by atoms with Crippen LogP contribution in [0, 0.1) is 0 Å². The Morgan fingerprint density at radius 2 is 0.722 bits per heavy atom. The van der Waals surface area contributed by atoms with Crippen LogP contribution in [0.15, 0.2) is 0 Å². The van der Waals surface area contributed by atoms with Crippen molar-refractivity contribution in [1.29, 1.82) is 0 Å². The third kappa shape index (κ3) is 38.6. The largest absolute Gasteiger partial charge is 0.394 e. The molecule has 9 unspecified atom stereocenters. The lowest BCUT2D eigenvalue weighted by Crippen LogP contribution is -2.60. The quantitative estimate of drug-likeness (QED) is 0.0272. The smallest absolute Gasteiger partial charge is 0.249 e. The molecule has 9 atom stereocenters. The summed E-state index contributed by atoms with van der Waals surface area (Å²) in [5.74, 6) is -0.688. The fourth-order valence-corrected chi connectivity index (χ4v) is 10.6. The Balaban J connectivity index is 2.24. The van der Waals surface area contributed by atoms with Gasteiger partial charge in [0.2, 0.25) is 5.91 Å². The molecular formula is C61H121NO10. The molecule has 1 aliphatic heterocycles. The van der Waals surface area contributed by atoms with Crippen molar-refractivity contribution in [3.05, 3.63) is 0 Å². The summed E-state index contributed by atoms with van der Waals surface area (Å²) in [5, 5.41) is 76.3. The van der Waals surface area contributed by atoms with Crippen LogP contribution < -0.4 is 5.32 Å². The average Bonchev–Trinajstić information content (AvgIpc) is 3.38. The van der Waals surface area contributed by atoms with Gasteiger partial charge in [-0.15, -0.1) is 0 Å². The van der Waals surface area contributed by atoms with Crippen LogP contribution in [0.4, 0.5) is 0 Å². The third-order valence-electron chi connectivity index (χ3n) is 15.7. The Hall–Kier alpha value is -0.890. The molecular weight excluding hydrogens is 907 g/mol. The fourth-order valence-electron chi connectivity index (χ4n) is 10.6. The maximum Gasteiger partial charge on any atom is 0.249 e. The normalized spacial score (nSPS) is 19.9. The molecule has 1 rings (SSSR count). The molecule has 0 aromatic carbocycles. The zero-order chi connectivity index (χ0) is 52.5. The second kappa shape index (κ2) is 50.9. The van der Waals surface area contributed by atoms with Crippen LogP contribution >= 0.6 is 0 Å². The number of aliphatic hydroxyl groups excluding tert-OH is 7. The second-order valence-electron chi connectivity index (χ2n) is 22.5. The Kier molecular flexibility index (Phi) is 48.9. The van der Waals surface area contributed by atoms with Crippen LogP contribution in [0.1, 0.15) is 316 Å². The Morgan fingerprint density at radius 1 is 0.431 bits per heavy atom. The number of nitrogens with one attached hydrogen (secondary N) is 1. The summed E-state index contributed by atoms with van der Waals surface area (Å²) >= 11 is 0. The van der Waals surface area contributed by atoms with Gasteiger partial charge in [-0.3, -0.25) is 4.79 Å². The van der Waals surface area contributed by atoms with E-state index in [1.807, 2.05) is 0 Å². The lowest BCUT2D eigenvalue weighted by atomic mass is 9.98. The molecule has 0 radical (unpaired) electrons. The fraction of sp³-hybridized carbons (Fsp3) is 0.984. The third-order valence-corrected chi connectivity index (χ3v) is 15.7. The minimum absolute atomic E-state index is 0.267. The molecule has 0 bridgehead atoms. The lowest BCUT2D eigenvalue weighted by molar-refractivity contribution is -0.303. The monoisotopic (exact) mass is 1030 g/mol. The van der Waals surface area contributed by atoms with Crippen molar-refractivity contribution in [3.8, 4) is 0 Å². The van der Waals surface area contributed by atoms with E-state index >= 15 is 0 Å². The first-order valence-corrected chi connectivity index (χ1v) is 31.4. The highest BCUT2D eigenvalue weighted by molar-refractivity contribution is 5.80. The molecule has 1 saturated heterocycles. The van der Waals surface area contributed by atoms with Crippen LogP contribution in [0.2, 0.25) is 0 Å². The van der Waals surface area contributed by atoms with Crippen LogP contribution in [0.5, 0.6) is 0 Å². The molecule has 1 aliphatic rings. The molecule has 0 aromatic heterocycles. The van der Waals surface area contributed by atoms with Crippen LogP contribution in [0.3, 0.4) is 0 Å². The zero-order valence-electron chi connectivity index (χ0n) is 47.2. The Morgan fingerprint density at radius 3 is 1.03 bits per heavy atom. The van der Waals surface area contributed by atoms with Gasteiger partial charge in [0, 0.05) is 0 Å². The molecule has 0 aliphatic carbocycles. The number of carbonyl (C=O) groups is 1. The van der Waals surface area contributed by atoms with Gasteiger partial charge >= 0.3 is 0 Å². The predicted molar refractivity (Wildman–Crippen MR) is 298 cm³/mol. The lowest BCUT2D eigenvalue weighted by Gasteiger charge is -2.40. The molecule has 0 saturated carbocycles. The summed E-state index contributed by atoms with van der Waals surface area (Å²) in [6.07, 6.45) is 47.3. The van der Waals surface area contributed by atoms with Crippen molar-refractivity contribution < 1.29 is 50.0 Å². The molecule has 1 fully saturated rings. The van der Waals surface area contributed by atoms with Crippen LogP contribution in [-0.2, 0) is 14.3 Å². The topological polar surface area (TPSA) is 189 Å². The van der Waals surface area contributed by atoms with Gasteiger partial charge in [0.05, 0.1) is 25.4 Å². The Bertz CT molecular complexity index is 1130. The maximum atomic E-state index is 13.2. The molecule has 72 heavy (non-hydrogen) atoms. The standard InChI is InChI=1S/C61H121NO10/c1-3-5-7-9-11-13-15-17-19-21-23-24-25-26-27-28-29-31-33-35-37-39-41-43-45-47-49-54(65)60(70)62-52(51-71-61-59(69)58(68)57(67)55(50-63)72-61)56(66)53(64)48-46-44-42-40-38-36-34-32-30-22-20-18-16-14-12-10-8-6-4-2/h52-59,61,63-69H,3-51H2,1-2H3,(H,62,70). The summed E-state index contributed by atoms with van der Waals surface area (Å²) in [7, 11) is 0. The number of ether oxygens (including phenoxy) is 2. The van der Waals surface area contributed by atoms with Gasteiger partial charge in [-0.2, -0.15) is 0 Å². The predicted octanol–water partition coefficient (Wildman–Crippen LogP) is 13.7. The van der Waals surface area contributed by atoms with Crippen molar-refractivity contribution >= 4 is 5.91 Å². The summed E-state index contributed by atoms with van der Waals surface area (Å²) < 4.78 is 11.2. The van der Waals surface area contributed by atoms with E-state index in [9.17, 15) is 40.5 Å². The van der Waals surface area contributed by atoms with Crippen molar-refractivity contribution in [2.75, 3.05) is 13.2 Å².